The van der Waals surface area contributed by atoms with E-state index in [1.54, 1.807) is 13.0 Å². The maximum absolute atomic E-state index is 12.3. The van der Waals surface area contributed by atoms with Crippen LogP contribution < -0.4 is 21.9 Å². The summed E-state index contributed by atoms with van der Waals surface area (Å²) in [5.41, 5.74) is 11.8. The molecule has 0 aromatic heterocycles. The summed E-state index contributed by atoms with van der Waals surface area (Å²) >= 11 is 5.94. The largest absolute Gasteiger partial charge is 0.366 e. The van der Waals surface area contributed by atoms with Crippen LogP contribution in [0.2, 0.25) is 5.02 Å². The van der Waals surface area contributed by atoms with Crippen molar-refractivity contribution in [2.75, 3.05) is 6.54 Å². The number of hydrogen-bond acceptors (Lipinski definition) is 4. The molecule has 26 heavy (non-hydrogen) atoms. The van der Waals surface area contributed by atoms with Crippen molar-refractivity contribution in [1.29, 1.82) is 0 Å². The number of rotatable bonds is 7. The van der Waals surface area contributed by atoms with E-state index in [1.165, 1.54) is 6.07 Å². The quantitative estimate of drug-likeness (QED) is 0.547. The summed E-state index contributed by atoms with van der Waals surface area (Å²) in [4.78, 5) is 35.6. The van der Waals surface area contributed by atoms with Crippen LogP contribution in [0.3, 0.4) is 0 Å². The van der Waals surface area contributed by atoms with E-state index in [4.69, 9.17) is 17.3 Å². The number of nitrogens with two attached hydrogens (primary N) is 1. The fourth-order valence-electron chi connectivity index (χ4n) is 2.38. The minimum atomic E-state index is -0.732. The van der Waals surface area contributed by atoms with Crippen molar-refractivity contribution >= 4 is 29.3 Å². The van der Waals surface area contributed by atoms with Crippen LogP contribution in [0, 0.1) is 6.92 Å². The average Bonchev–Trinajstić information content (AvgIpc) is 2.59. The molecule has 0 aliphatic carbocycles. The summed E-state index contributed by atoms with van der Waals surface area (Å²) in [7, 11) is 0. The molecule has 0 saturated carbocycles. The van der Waals surface area contributed by atoms with E-state index in [2.05, 4.69) is 16.2 Å². The number of hydrazine groups is 1. The summed E-state index contributed by atoms with van der Waals surface area (Å²) < 4.78 is 0. The van der Waals surface area contributed by atoms with Crippen molar-refractivity contribution in [1.82, 2.24) is 16.2 Å². The Morgan fingerprint density at radius 2 is 1.81 bits per heavy atom. The first kappa shape index (κ1) is 19.4. The lowest BCUT2D eigenvalue weighted by Gasteiger charge is -2.12. The van der Waals surface area contributed by atoms with Gasteiger partial charge < -0.3 is 11.1 Å². The molecular weight excluding hydrogens is 356 g/mol. The van der Waals surface area contributed by atoms with Crippen LogP contribution in [0.5, 0.6) is 0 Å². The lowest BCUT2D eigenvalue weighted by atomic mass is 10.0. The van der Waals surface area contributed by atoms with E-state index in [0.29, 0.717) is 17.1 Å². The molecule has 0 saturated heterocycles. The third kappa shape index (κ3) is 5.30. The number of nitrogens with one attached hydrogen (secondary N) is 3. The molecule has 136 valence electrons. The molecule has 2 rings (SSSR count). The van der Waals surface area contributed by atoms with Gasteiger partial charge in [0.1, 0.15) is 0 Å². The second-order valence-corrected chi connectivity index (χ2v) is 6.02. The van der Waals surface area contributed by atoms with Gasteiger partial charge in [-0.05, 0) is 30.2 Å². The molecule has 0 heterocycles. The Bertz CT molecular complexity index is 825. The van der Waals surface area contributed by atoms with E-state index in [1.807, 2.05) is 30.3 Å². The van der Waals surface area contributed by atoms with Crippen LogP contribution in [-0.2, 0) is 11.3 Å². The number of hydrogen-bond donors (Lipinski definition) is 4. The SMILES string of the molecule is Cc1cc(Cl)cc(C(=O)NNCC(=O)NCc2ccccc2)c1C(N)=O. The van der Waals surface area contributed by atoms with Gasteiger partial charge in [0.2, 0.25) is 11.8 Å². The predicted octanol–water partition coefficient (Wildman–Crippen LogP) is 1.30. The summed E-state index contributed by atoms with van der Waals surface area (Å²) in [6.45, 7) is 1.88. The van der Waals surface area contributed by atoms with E-state index in [9.17, 15) is 14.4 Å². The van der Waals surface area contributed by atoms with Gasteiger partial charge in [-0.1, -0.05) is 41.9 Å². The second kappa shape index (κ2) is 8.98. The summed E-state index contributed by atoms with van der Waals surface area (Å²) in [6, 6.07) is 12.3. The highest BCUT2D eigenvalue weighted by atomic mass is 35.5. The minimum Gasteiger partial charge on any atom is -0.366 e. The van der Waals surface area contributed by atoms with Gasteiger partial charge in [0.05, 0.1) is 17.7 Å². The highest BCUT2D eigenvalue weighted by Gasteiger charge is 2.18. The average molecular weight is 375 g/mol. The van der Waals surface area contributed by atoms with Crippen molar-refractivity contribution in [2.45, 2.75) is 13.5 Å². The van der Waals surface area contributed by atoms with Gasteiger partial charge >= 0.3 is 0 Å². The van der Waals surface area contributed by atoms with E-state index in [-0.39, 0.29) is 23.6 Å². The summed E-state index contributed by atoms with van der Waals surface area (Å²) in [6.07, 6.45) is 0. The molecule has 7 nitrogen and oxygen atoms in total. The zero-order valence-electron chi connectivity index (χ0n) is 14.1. The van der Waals surface area contributed by atoms with Crippen molar-refractivity contribution in [3.05, 3.63) is 69.7 Å². The van der Waals surface area contributed by atoms with E-state index >= 15 is 0 Å². The van der Waals surface area contributed by atoms with Crippen LogP contribution in [0.1, 0.15) is 31.8 Å². The number of primary amides is 1. The molecule has 8 heteroatoms. The predicted molar refractivity (Wildman–Crippen MR) is 98.5 cm³/mol. The van der Waals surface area contributed by atoms with Crippen LogP contribution in [0.25, 0.3) is 0 Å². The fraction of sp³-hybridized carbons (Fsp3) is 0.167. The smallest absolute Gasteiger partial charge is 0.266 e. The van der Waals surface area contributed by atoms with Gasteiger partial charge in [-0.25, -0.2) is 5.43 Å². The number of benzene rings is 2. The Kier molecular flexibility index (Phi) is 6.71. The molecule has 5 N–H and O–H groups in total. The van der Waals surface area contributed by atoms with Crippen molar-refractivity contribution in [2.24, 2.45) is 5.73 Å². The maximum atomic E-state index is 12.3. The van der Waals surface area contributed by atoms with Crippen molar-refractivity contribution < 1.29 is 14.4 Å². The first-order valence-corrected chi connectivity index (χ1v) is 8.20. The summed E-state index contributed by atoms with van der Waals surface area (Å²) in [5.74, 6) is -1.64. The molecule has 2 aromatic rings. The van der Waals surface area contributed by atoms with Crippen molar-refractivity contribution in [3.8, 4) is 0 Å². The van der Waals surface area contributed by atoms with Gasteiger partial charge in [0.25, 0.3) is 5.91 Å². The topological polar surface area (TPSA) is 113 Å². The van der Waals surface area contributed by atoms with Crippen LogP contribution >= 0.6 is 11.6 Å². The van der Waals surface area contributed by atoms with Crippen LogP contribution in [-0.4, -0.2) is 24.3 Å². The molecule has 0 radical (unpaired) electrons. The normalized spacial score (nSPS) is 10.2. The van der Waals surface area contributed by atoms with Gasteiger partial charge in [-0.2, -0.15) is 0 Å². The zero-order chi connectivity index (χ0) is 19.1. The minimum absolute atomic E-state index is 0.0414. The Labute approximate surface area is 155 Å². The van der Waals surface area contributed by atoms with Gasteiger partial charge in [-0.15, -0.1) is 0 Å². The van der Waals surface area contributed by atoms with Crippen LogP contribution in [0.4, 0.5) is 0 Å². The van der Waals surface area contributed by atoms with Gasteiger partial charge in [0.15, 0.2) is 0 Å². The van der Waals surface area contributed by atoms with E-state index < -0.39 is 11.8 Å². The first-order valence-electron chi connectivity index (χ1n) is 7.82. The molecule has 0 atom stereocenters. The molecule has 0 fully saturated rings. The molecule has 0 aliphatic rings. The number of halogens is 1. The molecule has 0 spiro atoms. The Morgan fingerprint density at radius 3 is 2.46 bits per heavy atom. The highest BCUT2D eigenvalue weighted by molar-refractivity contribution is 6.31. The van der Waals surface area contributed by atoms with Gasteiger partial charge in [0, 0.05) is 11.6 Å². The fourth-order valence-corrected chi connectivity index (χ4v) is 2.65. The lowest BCUT2D eigenvalue weighted by molar-refractivity contribution is -0.120. The molecule has 0 aliphatic heterocycles. The standard InChI is InChI=1S/C18H19ClN4O3/c1-11-7-13(19)8-14(16(11)17(20)25)18(26)23-22-10-15(24)21-9-12-5-3-2-4-6-12/h2-8,22H,9-10H2,1H3,(H2,20,25)(H,21,24)(H,23,26). The number of amides is 3. The highest BCUT2D eigenvalue weighted by Crippen LogP contribution is 2.20. The van der Waals surface area contributed by atoms with Crippen molar-refractivity contribution in [3.63, 3.8) is 0 Å². The second-order valence-electron chi connectivity index (χ2n) is 5.58. The number of carbonyl (C=O) groups is 3. The number of carbonyl (C=O) groups excluding carboxylic acids is 3. The summed E-state index contributed by atoms with van der Waals surface area (Å²) in [5, 5.41) is 3.02. The van der Waals surface area contributed by atoms with Crippen LogP contribution in [0.15, 0.2) is 42.5 Å². The molecular formula is C18H19ClN4O3. The first-order chi connectivity index (χ1) is 12.4. The molecule has 0 unspecified atom stereocenters. The molecule has 2 aromatic carbocycles. The van der Waals surface area contributed by atoms with Gasteiger partial charge in [-0.3, -0.25) is 19.8 Å². The molecule has 3 amide bonds. The Balaban J connectivity index is 1.89. The Hall–Kier alpha value is -2.90. The monoisotopic (exact) mass is 374 g/mol. The zero-order valence-corrected chi connectivity index (χ0v) is 14.9. The third-order valence-electron chi connectivity index (χ3n) is 3.57. The third-order valence-corrected chi connectivity index (χ3v) is 3.79. The van der Waals surface area contributed by atoms with E-state index in [0.717, 1.165) is 5.56 Å². The Morgan fingerprint density at radius 1 is 1.12 bits per heavy atom. The molecule has 0 bridgehead atoms. The number of aryl methyl sites for hydroxylation is 1. The lowest BCUT2D eigenvalue weighted by Crippen LogP contribution is -2.44. The maximum Gasteiger partial charge on any atom is 0.266 e.